The molecule has 11 heteroatoms. The van der Waals surface area contributed by atoms with Crippen molar-refractivity contribution in [3.8, 4) is 5.88 Å². The van der Waals surface area contributed by atoms with Gasteiger partial charge >= 0.3 is 0 Å². The van der Waals surface area contributed by atoms with Gasteiger partial charge in [-0.05, 0) is 36.8 Å². The molecule has 3 heterocycles. The zero-order chi connectivity index (χ0) is 29.7. The Bertz CT molecular complexity index is 1130. The summed E-state index contributed by atoms with van der Waals surface area (Å²) in [5, 5.41) is 2.97. The molecule has 0 fully saturated rings. The molecule has 3 aromatic heterocycles. The van der Waals surface area contributed by atoms with Crippen molar-refractivity contribution in [2.45, 2.75) is 47.1 Å². The van der Waals surface area contributed by atoms with Gasteiger partial charge in [-0.2, -0.15) is 4.98 Å². The Morgan fingerprint density at radius 2 is 1.69 bits per heavy atom. The van der Waals surface area contributed by atoms with Crippen LogP contribution in [0, 0.1) is 6.92 Å². The maximum Gasteiger partial charge on any atom is 0.272 e. The van der Waals surface area contributed by atoms with Gasteiger partial charge < -0.3 is 15.0 Å². The van der Waals surface area contributed by atoms with E-state index < -0.39 is 11.0 Å². The zero-order valence-electron chi connectivity index (χ0n) is 23.2. The van der Waals surface area contributed by atoms with Crippen molar-refractivity contribution in [3.63, 3.8) is 0 Å². The molecule has 0 spiro atoms. The van der Waals surface area contributed by atoms with Gasteiger partial charge in [0, 0.05) is 17.5 Å². The number of aromatic nitrogens is 4. The summed E-state index contributed by atoms with van der Waals surface area (Å²) in [6.07, 6.45) is 4.66. The van der Waals surface area contributed by atoms with Crippen molar-refractivity contribution in [1.82, 2.24) is 19.9 Å². The Morgan fingerprint density at radius 1 is 1.08 bits per heavy atom. The minimum atomic E-state index is -1.69. The van der Waals surface area contributed by atoms with Gasteiger partial charge in [-0.3, -0.25) is 13.9 Å². The molecule has 1 amide bonds. The highest BCUT2D eigenvalue weighted by atomic mass is 32.2. The SMILES string of the molecule is C.C=C.C=Cc1cc(C(=O)Nc2ccc(S(=O)Nc3nc(C)cc(OC)n3)nc2)[nH]c1C=C.CC.CC.CF. The molecule has 3 aromatic rings. The van der Waals surface area contributed by atoms with Crippen molar-refractivity contribution >= 4 is 40.7 Å². The van der Waals surface area contributed by atoms with Gasteiger partial charge in [-0.25, -0.2) is 14.2 Å². The van der Waals surface area contributed by atoms with Crippen LogP contribution in [0.4, 0.5) is 16.0 Å². The summed E-state index contributed by atoms with van der Waals surface area (Å²) >= 11 is 0. The summed E-state index contributed by atoms with van der Waals surface area (Å²) in [6, 6.07) is 6.47. The summed E-state index contributed by atoms with van der Waals surface area (Å²) in [5.74, 6) is 0.170. The summed E-state index contributed by atoms with van der Waals surface area (Å²) < 4.78 is 29.7. The topological polar surface area (TPSA) is 122 Å². The summed E-state index contributed by atoms with van der Waals surface area (Å²) in [6.45, 7) is 23.2. The van der Waals surface area contributed by atoms with Gasteiger partial charge in [0.25, 0.3) is 5.91 Å². The fourth-order valence-electron chi connectivity index (χ4n) is 2.53. The number of hydrogen-bond acceptors (Lipinski definition) is 6. The zero-order valence-corrected chi connectivity index (χ0v) is 24.0. The molecule has 1 atom stereocenters. The predicted octanol–water partition coefficient (Wildman–Crippen LogP) is 7.27. The molecule has 0 bridgehead atoms. The molecule has 216 valence electrons. The van der Waals surface area contributed by atoms with Crippen LogP contribution in [0.2, 0.25) is 0 Å². The van der Waals surface area contributed by atoms with Crippen LogP contribution in [0.3, 0.4) is 0 Å². The molecule has 39 heavy (non-hydrogen) atoms. The molecule has 1 unspecified atom stereocenters. The third-order valence-corrected chi connectivity index (χ3v) is 4.95. The van der Waals surface area contributed by atoms with Crippen LogP contribution in [0.5, 0.6) is 5.88 Å². The average Bonchev–Trinajstić information content (AvgIpc) is 3.41. The summed E-state index contributed by atoms with van der Waals surface area (Å²) in [5.41, 5.74) is 2.96. The quantitative estimate of drug-likeness (QED) is 0.248. The van der Waals surface area contributed by atoms with Crippen LogP contribution < -0.4 is 14.8 Å². The predicted molar refractivity (Wildman–Crippen MR) is 164 cm³/mol. The van der Waals surface area contributed by atoms with Gasteiger partial charge in [0.05, 0.1) is 26.2 Å². The molecule has 0 saturated carbocycles. The molecule has 3 N–H and O–H groups in total. The number of aryl methyl sites for hydroxylation is 1. The third kappa shape index (κ3) is 12.8. The number of ether oxygens (including phenoxy) is 1. The number of carbonyl (C=O) groups is 1. The number of H-pyrrole nitrogens is 1. The average molecular weight is 563 g/mol. The third-order valence-electron chi connectivity index (χ3n) is 3.96. The summed E-state index contributed by atoms with van der Waals surface area (Å²) in [4.78, 5) is 27.8. The molecule has 9 nitrogen and oxygen atoms in total. The maximum atomic E-state index is 12.5. The lowest BCUT2D eigenvalue weighted by atomic mass is 10.2. The first-order valence-electron chi connectivity index (χ1n) is 11.6. The highest BCUT2D eigenvalue weighted by Crippen LogP contribution is 2.17. The highest BCUT2D eigenvalue weighted by Gasteiger charge is 2.13. The number of anilines is 2. The smallest absolute Gasteiger partial charge is 0.272 e. The van der Waals surface area contributed by atoms with Gasteiger partial charge in [0.2, 0.25) is 11.8 Å². The van der Waals surface area contributed by atoms with E-state index in [-0.39, 0.29) is 24.3 Å². The summed E-state index contributed by atoms with van der Waals surface area (Å²) in [7, 11) is 0.292. The number of amides is 1. The Morgan fingerprint density at radius 3 is 2.15 bits per heavy atom. The second-order valence-corrected chi connectivity index (χ2v) is 7.21. The fraction of sp³-hybridized carbons (Fsp3) is 0.286. The lowest BCUT2D eigenvalue weighted by Crippen LogP contribution is -2.13. The number of nitrogens with one attached hydrogen (secondary N) is 3. The van der Waals surface area contributed by atoms with E-state index in [9.17, 15) is 13.4 Å². The van der Waals surface area contributed by atoms with E-state index in [2.05, 4.69) is 56.3 Å². The fourth-order valence-corrected chi connectivity index (χ4v) is 3.24. The lowest BCUT2D eigenvalue weighted by Gasteiger charge is -2.08. The molecule has 0 aromatic carbocycles. The largest absolute Gasteiger partial charge is 0.481 e. The Hall–Kier alpha value is -4.12. The number of pyridine rings is 1. The van der Waals surface area contributed by atoms with Crippen LogP contribution >= 0.6 is 0 Å². The Kier molecular flexibility index (Phi) is 23.3. The van der Waals surface area contributed by atoms with E-state index in [0.717, 1.165) is 5.56 Å². The van der Waals surface area contributed by atoms with Crippen molar-refractivity contribution in [2.75, 3.05) is 24.3 Å². The van der Waals surface area contributed by atoms with Crippen LogP contribution in [0.25, 0.3) is 12.2 Å². The van der Waals surface area contributed by atoms with Crippen molar-refractivity contribution in [2.24, 2.45) is 0 Å². The van der Waals surface area contributed by atoms with Gasteiger partial charge in [0.15, 0.2) is 11.0 Å². The van der Waals surface area contributed by atoms with E-state index in [1.165, 1.54) is 19.4 Å². The van der Waals surface area contributed by atoms with E-state index >= 15 is 0 Å². The number of nitrogens with zero attached hydrogens (tertiary/aromatic N) is 3. The number of aromatic amines is 1. The number of halogens is 1. The molecule has 3 rings (SSSR count). The van der Waals surface area contributed by atoms with E-state index in [1.807, 2.05) is 27.7 Å². The highest BCUT2D eigenvalue weighted by molar-refractivity contribution is 7.86. The van der Waals surface area contributed by atoms with Gasteiger partial charge in [-0.1, -0.05) is 54.4 Å². The van der Waals surface area contributed by atoms with Crippen LogP contribution in [0.15, 0.2) is 61.8 Å². The number of hydrogen-bond donors (Lipinski definition) is 3. The molecule has 0 saturated heterocycles. The van der Waals surface area contributed by atoms with Crippen molar-refractivity contribution in [3.05, 3.63) is 79.4 Å². The molecular weight excluding hydrogens is 519 g/mol. The number of rotatable bonds is 8. The monoisotopic (exact) mass is 562 g/mol. The second kappa shape index (κ2) is 23.0. The first-order chi connectivity index (χ1) is 18.4. The van der Waals surface area contributed by atoms with Crippen molar-refractivity contribution < 1.29 is 18.1 Å². The first-order valence-corrected chi connectivity index (χ1v) is 12.8. The van der Waals surface area contributed by atoms with Crippen LogP contribution in [0.1, 0.15) is 62.6 Å². The number of carbonyl (C=O) groups excluding carboxylic acids is 1. The second-order valence-electron chi connectivity index (χ2n) is 6.05. The Labute approximate surface area is 235 Å². The van der Waals surface area contributed by atoms with E-state index in [0.29, 0.717) is 35.8 Å². The standard InChI is InChI=1S/C20H20N6O3S.2C2H6.C2H4.CH3F.CH4/c1-5-13-10-16(24-15(13)6-2)19(27)23-14-7-8-18(21-11-14)30(28)26-20-22-12(3)9-17(25-20)29-4;4*1-2;/h5-11,24H,1-2H2,3-4H3,(H,23,27)(H,22,25,26);2*1-2H3;1-2H2;1H3;1H4. The molecule has 0 aliphatic rings. The minimum Gasteiger partial charge on any atom is -0.481 e. The van der Waals surface area contributed by atoms with Gasteiger partial charge in [0.1, 0.15) is 10.7 Å². The van der Waals surface area contributed by atoms with Gasteiger partial charge in [-0.15, -0.1) is 13.2 Å². The van der Waals surface area contributed by atoms with Crippen LogP contribution in [-0.2, 0) is 11.0 Å². The van der Waals surface area contributed by atoms with Crippen LogP contribution in [-0.4, -0.2) is 44.3 Å². The van der Waals surface area contributed by atoms with E-state index in [1.54, 1.807) is 37.3 Å². The number of alkyl halides is 1. The van der Waals surface area contributed by atoms with E-state index in [4.69, 9.17) is 4.74 Å². The molecule has 0 aliphatic carbocycles. The molecular formula is C28H43FN6O3S. The van der Waals surface area contributed by atoms with Crippen molar-refractivity contribution in [1.29, 1.82) is 0 Å². The molecule has 0 radical (unpaired) electrons. The normalized spacial score (nSPS) is 9.33. The maximum absolute atomic E-state index is 12.5. The first kappa shape index (κ1) is 39.4. The molecule has 0 aliphatic heterocycles. The Balaban J connectivity index is -0.00000132. The lowest BCUT2D eigenvalue weighted by molar-refractivity contribution is 0.102. The minimum absolute atomic E-state index is 0. The number of methoxy groups -OCH3 is 1.